The highest BCUT2D eigenvalue weighted by atomic mass is 16.6. The van der Waals surface area contributed by atoms with Crippen molar-refractivity contribution in [1.82, 2.24) is 10.1 Å². The number of hydrogen-bond acceptors (Lipinski definition) is 7. The van der Waals surface area contributed by atoms with E-state index in [2.05, 4.69) is 14.9 Å². The van der Waals surface area contributed by atoms with Crippen molar-refractivity contribution in [3.8, 4) is 11.4 Å². The van der Waals surface area contributed by atoms with Gasteiger partial charge in [-0.3, -0.25) is 10.1 Å². The Morgan fingerprint density at radius 1 is 1.43 bits per heavy atom. The minimum absolute atomic E-state index is 0.281. The minimum atomic E-state index is -0.625. The highest BCUT2D eigenvalue weighted by Gasteiger charge is 2.53. The summed E-state index contributed by atoms with van der Waals surface area (Å²) in [5.74, 6) is -0.100. The van der Waals surface area contributed by atoms with Crippen LogP contribution < -0.4 is 0 Å². The van der Waals surface area contributed by atoms with Crippen LogP contribution in [0, 0.1) is 10.1 Å². The molecule has 8 heteroatoms. The van der Waals surface area contributed by atoms with E-state index in [1.54, 1.807) is 24.3 Å². The molecule has 21 heavy (non-hydrogen) atoms. The maximum absolute atomic E-state index is 11.3. The van der Waals surface area contributed by atoms with Crippen LogP contribution >= 0.6 is 0 Å². The first kappa shape index (κ1) is 13.2. The number of nitrogens with zero attached hydrogens (tertiary/aromatic N) is 3. The molecule has 0 aliphatic heterocycles. The van der Waals surface area contributed by atoms with Crippen LogP contribution in [0.15, 0.2) is 28.8 Å². The summed E-state index contributed by atoms with van der Waals surface area (Å²) in [5.41, 5.74) is 1.08. The van der Waals surface area contributed by atoms with Crippen LogP contribution in [-0.4, -0.2) is 34.2 Å². The molecule has 1 aliphatic carbocycles. The van der Waals surface area contributed by atoms with Gasteiger partial charge < -0.3 is 9.26 Å². The van der Waals surface area contributed by atoms with E-state index in [1.165, 1.54) is 7.11 Å². The third-order valence-electron chi connectivity index (χ3n) is 3.35. The fourth-order valence-electron chi connectivity index (χ4n) is 2.06. The molecule has 0 unspecified atom stereocenters. The van der Waals surface area contributed by atoms with Crippen molar-refractivity contribution in [2.24, 2.45) is 0 Å². The van der Waals surface area contributed by atoms with Crippen molar-refractivity contribution in [3.05, 3.63) is 45.8 Å². The number of rotatable bonds is 4. The van der Waals surface area contributed by atoms with Crippen molar-refractivity contribution < 1.29 is 19.0 Å². The first-order valence-electron chi connectivity index (χ1n) is 6.26. The van der Waals surface area contributed by atoms with Crippen molar-refractivity contribution in [1.29, 1.82) is 0 Å². The van der Waals surface area contributed by atoms with Crippen LogP contribution in [0.5, 0.6) is 0 Å². The second kappa shape index (κ2) is 4.97. The van der Waals surface area contributed by atoms with Crippen molar-refractivity contribution in [2.75, 3.05) is 7.11 Å². The number of benzene rings is 1. The van der Waals surface area contributed by atoms with Gasteiger partial charge in [0, 0.05) is 16.9 Å². The van der Waals surface area contributed by atoms with Gasteiger partial charge in [0.25, 0.3) is 0 Å². The summed E-state index contributed by atoms with van der Waals surface area (Å²) >= 11 is 0. The Kier molecular flexibility index (Phi) is 3.13. The van der Waals surface area contributed by atoms with Gasteiger partial charge in [0.05, 0.1) is 12.7 Å². The molecule has 0 saturated heterocycles. The fraction of sp³-hybridized carbons (Fsp3) is 0.308. The molecular formula is C13H11N3O5. The number of nitro groups is 1. The quantitative estimate of drug-likeness (QED) is 0.478. The summed E-state index contributed by atoms with van der Waals surface area (Å²) in [4.78, 5) is 25.8. The number of carbonyl (C=O) groups is 1. The summed E-state index contributed by atoms with van der Waals surface area (Å²) in [6, 6.07) is 5.89. The van der Waals surface area contributed by atoms with Gasteiger partial charge in [-0.2, -0.15) is 4.98 Å². The predicted molar refractivity (Wildman–Crippen MR) is 69.2 cm³/mol. The lowest BCUT2D eigenvalue weighted by atomic mass is 10.1. The molecule has 0 N–H and O–H groups in total. The van der Waals surface area contributed by atoms with Gasteiger partial charge in [0.15, 0.2) is 0 Å². The van der Waals surface area contributed by atoms with Crippen LogP contribution in [0.2, 0.25) is 0 Å². The Morgan fingerprint density at radius 2 is 2.14 bits per heavy atom. The number of aromatic nitrogens is 2. The highest BCUT2D eigenvalue weighted by Crippen LogP contribution is 2.42. The summed E-state index contributed by atoms with van der Waals surface area (Å²) in [7, 11) is 1.31. The first-order chi connectivity index (χ1) is 10.1. The van der Waals surface area contributed by atoms with Crippen LogP contribution in [0.3, 0.4) is 0 Å². The van der Waals surface area contributed by atoms with E-state index in [0.717, 1.165) is 0 Å². The minimum Gasteiger partial charge on any atom is -0.465 e. The zero-order valence-electron chi connectivity index (χ0n) is 11.1. The smallest absolute Gasteiger partial charge is 0.337 e. The molecule has 108 valence electrons. The van der Waals surface area contributed by atoms with Crippen molar-refractivity contribution >= 4 is 5.97 Å². The summed E-state index contributed by atoms with van der Waals surface area (Å²) in [5, 5.41) is 14.4. The van der Waals surface area contributed by atoms with E-state index >= 15 is 0 Å². The Morgan fingerprint density at radius 3 is 2.71 bits per heavy atom. The van der Waals surface area contributed by atoms with Gasteiger partial charge in [-0.15, -0.1) is 0 Å². The fourth-order valence-corrected chi connectivity index (χ4v) is 2.06. The monoisotopic (exact) mass is 289 g/mol. The van der Waals surface area contributed by atoms with Gasteiger partial charge in [0.1, 0.15) is 5.92 Å². The molecule has 1 aliphatic rings. The van der Waals surface area contributed by atoms with Crippen molar-refractivity contribution in [2.45, 2.75) is 18.4 Å². The van der Waals surface area contributed by atoms with Crippen LogP contribution in [0.25, 0.3) is 11.4 Å². The molecule has 8 nitrogen and oxygen atoms in total. The Hall–Kier alpha value is -2.77. The second-order valence-corrected chi connectivity index (χ2v) is 4.72. The summed E-state index contributed by atoms with van der Waals surface area (Å²) < 4.78 is 9.67. The molecular weight excluding hydrogens is 278 g/mol. The van der Waals surface area contributed by atoms with Crippen LogP contribution in [0.1, 0.15) is 28.6 Å². The molecule has 0 amide bonds. The standard InChI is InChI=1S/C13H11N3O5/c1-20-13(17)8-4-2-7(3-5-8)11-14-12(21-15-11)9-6-10(9)16(18)19/h2-5,9-10H,6H2,1H3/t9-,10+/m0/s1. The van der Waals surface area contributed by atoms with Gasteiger partial charge in [-0.05, 0) is 12.1 Å². The maximum Gasteiger partial charge on any atom is 0.337 e. The molecule has 2 aromatic rings. The van der Waals surface area contributed by atoms with E-state index < -0.39 is 12.0 Å². The number of methoxy groups -OCH3 is 1. The van der Waals surface area contributed by atoms with Crippen LogP contribution in [-0.2, 0) is 4.74 Å². The summed E-state index contributed by atoms with van der Waals surface area (Å²) in [6.45, 7) is 0. The zero-order valence-corrected chi connectivity index (χ0v) is 11.1. The number of hydrogen-bond donors (Lipinski definition) is 0. The lowest BCUT2D eigenvalue weighted by molar-refractivity contribution is -0.496. The molecule has 0 radical (unpaired) electrons. The summed E-state index contributed by atoms with van der Waals surface area (Å²) in [6.07, 6.45) is 0.426. The molecule has 1 aromatic heterocycles. The van der Waals surface area contributed by atoms with Gasteiger partial charge in [-0.25, -0.2) is 4.79 Å². The highest BCUT2D eigenvalue weighted by molar-refractivity contribution is 5.89. The number of carbonyl (C=O) groups excluding carboxylic acids is 1. The Labute approximate surface area is 118 Å². The number of ether oxygens (including phenoxy) is 1. The zero-order chi connectivity index (χ0) is 15.0. The maximum atomic E-state index is 11.3. The first-order valence-corrected chi connectivity index (χ1v) is 6.26. The average molecular weight is 289 g/mol. The molecule has 1 saturated carbocycles. The molecule has 1 fully saturated rings. The predicted octanol–water partition coefficient (Wildman–Crippen LogP) is 1.66. The van der Waals surface area contributed by atoms with Gasteiger partial charge in [-0.1, -0.05) is 17.3 Å². The van der Waals surface area contributed by atoms with Gasteiger partial charge >= 0.3 is 5.97 Å². The molecule has 0 bridgehead atoms. The van der Waals surface area contributed by atoms with Crippen molar-refractivity contribution in [3.63, 3.8) is 0 Å². The average Bonchev–Trinajstić information content (AvgIpc) is 3.17. The van der Waals surface area contributed by atoms with E-state index in [0.29, 0.717) is 23.4 Å². The van der Waals surface area contributed by atoms with Crippen LogP contribution in [0.4, 0.5) is 0 Å². The van der Waals surface area contributed by atoms with E-state index in [1.807, 2.05) is 0 Å². The van der Waals surface area contributed by atoms with E-state index in [4.69, 9.17) is 4.52 Å². The molecule has 1 aromatic carbocycles. The lowest BCUT2D eigenvalue weighted by Gasteiger charge is -1.99. The largest absolute Gasteiger partial charge is 0.465 e. The Balaban J connectivity index is 1.77. The normalized spacial score (nSPS) is 20.0. The SMILES string of the molecule is COC(=O)c1ccc(-c2noc([C@H]3C[C@H]3[N+](=O)[O-])n2)cc1. The van der Waals surface area contributed by atoms with E-state index in [-0.39, 0.29) is 16.7 Å². The topological polar surface area (TPSA) is 108 Å². The lowest BCUT2D eigenvalue weighted by Crippen LogP contribution is -2.02. The molecule has 3 rings (SSSR count). The second-order valence-electron chi connectivity index (χ2n) is 4.72. The molecule has 2 atom stereocenters. The molecule has 1 heterocycles. The number of esters is 1. The third kappa shape index (κ3) is 2.47. The van der Waals surface area contributed by atoms with Gasteiger partial charge in [0.2, 0.25) is 17.8 Å². The Bertz CT molecular complexity index is 694. The van der Waals surface area contributed by atoms with E-state index in [9.17, 15) is 14.9 Å². The molecule has 0 spiro atoms. The third-order valence-corrected chi connectivity index (χ3v) is 3.35.